The molecular weight excluding hydrogens is 624 g/mol. The Kier molecular flexibility index (Phi) is 9.00. The van der Waals surface area contributed by atoms with Gasteiger partial charge in [0.25, 0.3) is 23.2 Å². The van der Waals surface area contributed by atoms with E-state index in [-0.39, 0.29) is 33.6 Å². The highest BCUT2D eigenvalue weighted by atomic mass is 16.6. The lowest BCUT2D eigenvalue weighted by Gasteiger charge is -2.65. The highest BCUT2D eigenvalue weighted by Gasteiger charge is 2.82. The first-order valence-electron chi connectivity index (χ1n) is 14.4. The van der Waals surface area contributed by atoms with Crippen LogP contribution in [0.3, 0.4) is 0 Å². The summed E-state index contributed by atoms with van der Waals surface area (Å²) >= 11 is 0. The zero-order chi connectivity index (χ0) is 34.6. The topological polar surface area (TPSA) is 197 Å². The first-order chi connectivity index (χ1) is 23.0. The van der Waals surface area contributed by atoms with Crippen LogP contribution < -0.4 is 10.6 Å². The zero-order valence-electron chi connectivity index (χ0n) is 25.5. The van der Waals surface area contributed by atoms with Gasteiger partial charge in [-0.3, -0.25) is 29.8 Å². The van der Waals surface area contributed by atoms with Gasteiger partial charge in [-0.1, -0.05) is 60.7 Å². The van der Waals surface area contributed by atoms with E-state index in [2.05, 4.69) is 10.6 Å². The molecule has 2 N–H and O–H groups in total. The number of methoxy groups -OCH3 is 2. The van der Waals surface area contributed by atoms with Crippen molar-refractivity contribution in [3.63, 3.8) is 0 Å². The molecule has 14 nitrogen and oxygen atoms in total. The molecule has 4 unspecified atom stereocenters. The zero-order valence-corrected chi connectivity index (χ0v) is 25.5. The summed E-state index contributed by atoms with van der Waals surface area (Å²) < 4.78 is 10.5. The molecule has 1 aliphatic rings. The van der Waals surface area contributed by atoms with E-state index in [1.165, 1.54) is 72.8 Å². The maximum atomic E-state index is 14.3. The number of hydrogen-bond donors (Lipinski definition) is 2. The van der Waals surface area contributed by atoms with Crippen molar-refractivity contribution in [2.24, 2.45) is 0 Å². The summed E-state index contributed by atoms with van der Waals surface area (Å²) in [6.45, 7) is 0. The minimum atomic E-state index is -2.45. The molecule has 5 rings (SSSR count). The predicted molar refractivity (Wildman–Crippen MR) is 169 cm³/mol. The Morgan fingerprint density at radius 2 is 0.875 bits per heavy atom. The van der Waals surface area contributed by atoms with E-state index in [4.69, 9.17) is 9.47 Å². The molecule has 0 aromatic heterocycles. The average molecular weight is 653 g/mol. The van der Waals surface area contributed by atoms with Crippen LogP contribution in [0.5, 0.6) is 0 Å². The first kappa shape index (κ1) is 32.9. The van der Waals surface area contributed by atoms with Gasteiger partial charge >= 0.3 is 11.9 Å². The standard InChI is InChI=1S/C34H28N4O10/c1-47-31(41)33(35-29(39)23-9-5-3-6-10-23)27(21-13-17-25(18-14-21)37(43)44)28(22-15-19-26(20-16-22)38(45)46)34(33,32(42)48-2)36-30(40)24-11-7-4-8-12-24/h3-20,27-28H,1-2H3,(H,35,39)(H,36,40). The van der Waals surface area contributed by atoms with Gasteiger partial charge in [-0.25, -0.2) is 9.59 Å². The number of non-ortho nitro benzene ring substituents is 2. The molecule has 2 amide bonds. The second-order valence-corrected chi connectivity index (χ2v) is 10.9. The number of carbonyl (C=O) groups excluding carboxylic acids is 4. The Hall–Kier alpha value is -6.44. The highest BCUT2D eigenvalue weighted by molar-refractivity contribution is 6.09. The fourth-order valence-corrected chi connectivity index (χ4v) is 6.42. The molecule has 4 atom stereocenters. The lowest BCUT2D eigenvalue weighted by atomic mass is 9.42. The second-order valence-electron chi connectivity index (χ2n) is 10.9. The number of nitro benzene ring substituents is 2. The van der Waals surface area contributed by atoms with Gasteiger partial charge in [-0.05, 0) is 35.4 Å². The van der Waals surface area contributed by atoms with Crippen LogP contribution in [0.15, 0.2) is 109 Å². The van der Waals surface area contributed by atoms with Crippen LogP contribution in [0.25, 0.3) is 0 Å². The van der Waals surface area contributed by atoms with E-state index >= 15 is 0 Å². The molecule has 14 heteroatoms. The molecule has 48 heavy (non-hydrogen) atoms. The maximum Gasteiger partial charge on any atom is 0.335 e. The van der Waals surface area contributed by atoms with Crippen LogP contribution in [0.1, 0.15) is 43.7 Å². The van der Waals surface area contributed by atoms with Gasteiger partial charge in [0.05, 0.1) is 24.1 Å². The number of hydrogen-bond acceptors (Lipinski definition) is 10. The van der Waals surface area contributed by atoms with Crippen molar-refractivity contribution in [3.05, 3.63) is 152 Å². The average Bonchev–Trinajstić information content (AvgIpc) is 3.11. The van der Waals surface area contributed by atoms with Crippen molar-refractivity contribution in [1.29, 1.82) is 0 Å². The summed E-state index contributed by atoms with van der Waals surface area (Å²) in [5, 5.41) is 28.4. The number of carbonyl (C=O) groups is 4. The van der Waals surface area contributed by atoms with E-state index in [0.29, 0.717) is 0 Å². The van der Waals surface area contributed by atoms with Crippen LogP contribution in [0.2, 0.25) is 0 Å². The Labute approximate surface area is 273 Å². The number of amides is 2. The number of rotatable bonds is 10. The van der Waals surface area contributed by atoms with Crippen LogP contribution in [-0.4, -0.2) is 58.9 Å². The van der Waals surface area contributed by atoms with E-state index in [0.717, 1.165) is 14.2 Å². The molecule has 1 saturated carbocycles. The quantitative estimate of drug-likeness (QED) is 0.143. The van der Waals surface area contributed by atoms with Crippen molar-refractivity contribution in [3.8, 4) is 0 Å². The third kappa shape index (κ3) is 5.38. The summed E-state index contributed by atoms with van der Waals surface area (Å²) in [5.74, 6) is -6.47. The summed E-state index contributed by atoms with van der Waals surface area (Å²) in [4.78, 5) is 78.4. The van der Waals surface area contributed by atoms with Gasteiger partial charge in [0.15, 0.2) is 11.1 Å². The smallest absolute Gasteiger partial charge is 0.335 e. The van der Waals surface area contributed by atoms with Gasteiger partial charge < -0.3 is 20.1 Å². The minimum Gasteiger partial charge on any atom is -0.467 e. The molecule has 0 radical (unpaired) electrons. The largest absolute Gasteiger partial charge is 0.467 e. The minimum absolute atomic E-state index is 0.0927. The van der Waals surface area contributed by atoms with Gasteiger partial charge in [0, 0.05) is 47.2 Å². The van der Waals surface area contributed by atoms with Crippen molar-refractivity contribution in [2.75, 3.05) is 14.2 Å². The molecule has 4 aromatic rings. The van der Waals surface area contributed by atoms with Crippen LogP contribution in [0, 0.1) is 20.2 Å². The van der Waals surface area contributed by atoms with Gasteiger partial charge in [0.2, 0.25) is 0 Å². The lowest BCUT2D eigenvalue weighted by molar-refractivity contribution is -0.385. The molecule has 244 valence electrons. The van der Waals surface area contributed by atoms with Crippen molar-refractivity contribution in [2.45, 2.75) is 22.9 Å². The van der Waals surface area contributed by atoms with Crippen molar-refractivity contribution < 1.29 is 38.5 Å². The molecular formula is C34H28N4O10. The monoisotopic (exact) mass is 652 g/mol. The maximum absolute atomic E-state index is 14.3. The fourth-order valence-electron chi connectivity index (χ4n) is 6.42. The lowest BCUT2D eigenvalue weighted by Crippen LogP contribution is -2.90. The van der Waals surface area contributed by atoms with Gasteiger partial charge in [-0.15, -0.1) is 0 Å². The number of benzene rings is 4. The van der Waals surface area contributed by atoms with Crippen molar-refractivity contribution in [1.82, 2.24) is 10.6 Å². The molecule has 1 fully saturated rings. The molecule has 4 aromatic carbocycles. The Morgan fingerprint density at radius 3 is 1.15 bits per heavy atom. The number of esters is 2. The molecule has 1 aliphatic carbocycles. The van der Waals surface area contributed by atoms with Gasteiger partial charge in [-0.2, -0.15) is 0 Å². The number of nitro groups is 2. The Bertz CT molecular complexity index is 1750. The number of nitrogens with one attached hydrogen (secondary N) is 2. The number of nitrogens with zero attached hydrogens (tertiary/aromatic N) is 2. The summed E-state index contributed by atoms with van der Waals surface area (Å²) in [7, 11) is 2.07. The third-order valence-electron chi connectivity index (χ3n) is 8.52. The SMILES string of the molecule is COC(=O)C1(NC(=O)c2ccccc2)C(c2ccc([N+](=O)[O-])cc2)C(c2ccc([N+](=O)[O-])cc2)C1(NC(=O)c1ccccc1)C(=O)OC. The first-order valence-corrected chi connectivity index (χ1v) is 14.4. The Balaban J connectivity index is 1.85. The third-order valence-corrected chi connectivity index (χ3v) is 8.52. The molecule has 0 heterocycles. The van der Waals surface area contributed by atoms with E-state index < -0.39 is 56.5 Å². The van der Waals surface area contributed by atoms with Crippen molar-refractivity contribution >= 4 is 35.1 Å². The molecule has 0 bridgehead atoms. The summed E-state index contributed by atoms with van der Waals surface area (Å²) in [5.41, 5.74) is -4.81. The molecule has 0 saturated heterocycles. The molecule has 0 aliphatic heterocycles. The van der Waals surface area contributed by atoms with Crippen LogP contribution in [0.4, 0.5) is 11.4 Å². The highest BCUT2D eigenvalue weighted by Crippen LogP contribution is 2.64. The van der Waals surface area contributed by atoms with Gasteiger partial charge in [0.1, 0.15) is 0 Å². The fraction of sp³-hybridized carbons (Fsp3) is 0.176. The predicted octanol–water partition coefficient (Wildman–Crippen LogP) is 4.07. The van der Waals surface area contributed by atoms with Crippen LogP contribution >= 0.6 is 0 Å². The second kappa shape index (κ2) is 13.1. The van der Waals surface area contributed by atoms with Crippen LogP contribution in [-0.2, 0) is 19.1 Å². The normalized spacial score (nSPS) is 21.1. The summed E-state index contributed by atoms with van der Waals surface area (Å²) in [6.07, 6.45) is 0. The number of ether oxygens (including phenoxy) is 2. The molecule has 0 spiro atoms. The van der Waals surface area contributed by atoms with E-state index in [9.17, 15) is 39.4 Å². The van der Waals surface area contributed by atoms with E-state index in [1.807, 2.05) is 0 Å². The summed E-state index contributed by atoms with van der Waals surface area (Å²) in [6, 6.07) is 25.7. The Morgan fingerprint density at radius 1 is 0.562 bits per heavy atom. The van der Waals surface area contributed by atoms with E-state index in [1.54, 1.807) is 36.4 Å².